The van der Waals surface area contributed by atoms with E-state index in [-0.39, 0.29) is 37.2 Å². The van der Waals surface area contributed by atoms with Gasteiger partial charge in [0.2, 0.25) is 5.88 Å². The fourth-order valence-corrected chi connectivity index (χ4v) is 4.52. The molecule has 0 spiro atoms. The molecule has 2 N–H and O–H groups in total. The van der Waals surface area contributed by atoms with Crippen molar-refractivity contribution in [1.29, 1.82) is 0 Å². The molecule has 0 bridgehead atoms. The molecule has 0 radical (unpaired) electrons. The zero-order valence-corrected chi connectivity index (χ0v) is 19.4. The summed E-state index contributed by atoms with van der Waals surface area (Å²) in [5.74, 6) is -0.257. The van der Waals surface area contributed by atoms with E-state index < -0.39 is 24.7 Å². The number of aliphatic hydroxyl groups is 1. The van der Waals surface area contributed by atoms with Crippen molar-refractivity contribution in [3.8, 4) is 5.88 Å². The van der Waals surface area contributed by atoms with Gasteiger partial charge in [-0.25, -0.2) is 0 Å². The Morgan fingerprint density at radius 1 is 1.17 bits per heavy atom. The van der Waals surface area contributed by atoms with Crippen LogP contribution in [0.4, 0.5) is 13.2 Å². The summed E-state index contributed by atoms with van der Waals surface area (Å²) in [5.41, 5.74) is 2.83. The minimum absolute atomic E-state index is 0.0904. The van der Waals surface area contributed by atoms with Crippen LogP contribution in [0, 0.1) is 0 Å². The van der Waals surface area contributed by atoms with E-state index in [1.807, 2.05) is 12.1 Å². The maximum absolute atomic E-state index is 12.6. The van der Waals surface area contributed by atoms with Crippen LogP contribution >= 0.6 is 0 Å². The third kappa shape index (κ3) is 7.61. The molecule has 0 saturated carbocycles. The highest BCUT2D eigenvalue weighted by atomic mass is 19.4. The maximum atomic E-state index is 12.6. The Labute approximate surface area is 202 Å². The number of amides is 1. The monoisotopic (exact) mass is 493 g/mol. The number of β-amino-alcohol motifs (C(OH)–C–C–N with tert-alkyl or cyclic N) is 1. The summed E-state index contributed by atoms with van der Waals surface area (Å²) in [6.45, 7) is 1.79. The number of hydrogen-bond donors (Lipinski definition) is 2. The minimum atomic E-state index is -4.21. The number of ether oxygens (including phenoxy) is 1. The van der Waals surface area contributed by atoms with Crippen LogP contribution in [-0.4, -0.2) is 88.7 Å². The number of benzene rings is 1. The summed E-state index contributed by atoms with van der Waals surface area (Å²) in [5, 5.41) is 20.8. The van der Waals surface area contributed by atoms with Gasteiger partial charge >= 0.3 is 6.18 Å². The van der Waals surface area contributed by atoms with Gasteiger partial charge in [0.15, 0.2) is 0 Å². The average molecular weight is 494 g/mol. The normalized spacial score (nSPS) is 18.6. The van der Waals surface area contributed by atoms with E-state index in [1.54, 1.807) is 0 Å². The number of rotatable bonds is 8. The zero-order chi connectivity index (χ0) is 24.8. The molecule has 1 atom stereocenters. The average Bonchev–Trinajstić information content (AvgIpc) is 2.83. The molecule has 35 heavy (non-hydrogen) atoms. The van der Waals surface area contributed by atoms with E-state index in [0.717, 1.165) is 19.5 Å². The Bertz CT molecular complexity index is 998. The highest BCUT2D eigenvalue weighted by molar-refractivity contribution is 5.94. The van der Waals surface area contributed by atoms with Crippen LogP contribution in [0.25, 0.3) is 0 Å². The number of aromatic nitrogens is 2. The minimum Gasteiger partial charge on any atom is -0.473 e. The number of fused-ring (bicyclic) bond motifs is 1. The van der Waals surface area contributed by atoms with Gasteiger partial charge in [0, 0.05) is 45.3 Å². The Morgan fingerprint density at radius 2 is 1.91 bits per heavy atom. The Balaban J connectivity index is 1.21. The van der Waals surface area contributed by atoms with Crippen LogP contribution in [0.5, 0.6) is 5.88 Å². The first kappa shape index (κ1) is 25.3. The largest absolute Gasteiger partial charge is 0.473 e. The van der Waals surface area contributed by atoms with Crippen LogP contribution in [0.15, 0.2) is 36.5 Å². The van der Waals surface area contributed by atoms with Crippen LogP contribution in [-0.2, 0) is 13.0 Å². The number of piperidine rings is 1. The molecule has 4 rings (SSSR count). The first-order chi connectivity index (χ1) is 16.7. The number of likely N-dealkylation sites (tertiary alicyclic amines) is 1. The number of carbonyl (C=O) groups excluding carboxylic acids is 1. The molecular weight excluding hydrogens is 463 g/mol. The van der Waals surface area contributed by atoms with Crippen molar-refractivity contribution in [3.05, 3.63) is 53.2 Å². The van der Waals surface area contributed by atoms with Crippen LogP contribution in [0.3, 0.4) is 0 Å². The number of halogens is 3. The van der Waals surface area contributed by atoms with E-state index in [2.05, 4.69) is 32.5 Å². The summed E-state index contributed by atoms with van der Waals surface area (Å²) in [4.78, 5) is 16.1. The molecule has 1 aromatic heterocycles. The molecule has 2 aliphatic rings. The SMILES string of the molecule is O=C(NCC(O)CN1CCc2ccccc2C1)c1cnnc(OC2CCN(CC(F)(F)F)CC2)c1. The molecule has 1 fully saturated rings. The van der Waals surface area contributed by atoms with Crippen molar-refractivity contribution >= 4 is 5.91 Å². The standard InChI is InChI=1S/C24H30F3N5O3/c25-24(26,27)16-31-9-6-21(7-10-31)35-22-11-19(12-29-30-22)23(34)28-13-20(33)15-32-8-5-17-3-1-2-4-18(17)14-32/h1-4,11-12,20-21,33H,5-10,13-16H2,(H,28,34). The molecule has 3 heterocycles. The molecule has 1 saturated heterocycles. The molecule has 190 valence electrons. The van der Waals surface area contributed by atoms with Crippen LogP contribution < -0.4 is 10.1 Å². The summed E-state index contributed by atoms with van der Waals surface area (Å²) in [6, 6.07) is 9.72. The Morgan fingerprint density at radius 3 is 2.66 bits per heavy atom. The van der Waals surface area contributed by atoms with E-state index in [4.69, 9.17) is 4.74 Å². The molecule has 1 aromatic carbocycles. The quantitative estimate of drug-likeness (QED) is 0.582. The second kappa shape index (κ2) is 11.3. The highest BCUT2D eigenvalue weighted by Gasteiger charge is 2.33. The number of hydrogen-bond acceptors (Lipinski definition) is 7. The predicted molar refractivity (Wildman–Crippen MR) is 122 cm³/mol. The van der Waals surface area contributed by atoms with E-state index in [1.165, 1.54) is 28.3 Å². The molecule has 2 aliphatic heterocycles. The summed E-state index contributed by atoms with van der Waals surface area (Å²) < 4.78 is 43.4. The summed E-state index contributed by atoms with van der Waals surface area (Å²) in [7, 11) is 0. The third-order valence-corrected chi connectivity index (χ3v) is 6.30. The van der Waals surface area contributed by atoms with Gasteiger partial charge in [-0.3, -0.25) is 14.6 Å². The molecule has 0 aliphatic carbocycles. The zero-order valence-electron chi connectivity index (χ0n) is 19.4. The predicted octanol–water partition coefficient (Wildman–Crippen LogP) is 2.03. The molecular formula is C24H30F3N5O3. The van der Waals surface area contributed by atoms with E-state index in [9.17, 15) is 23.1 Å². The van der Waals surface area contributed by atoms with Crippen molar-refractivity contribution < 1.29 is 27.8 Å². The number of alkyl halides is 3. The number of nitrogens with zero attached hydrogens (tertiary/aromatic N) is 4. The van der Waals surface area contributed by atoms with Gasteiger partial charge in [0.1, 0.15) is 6.10 Å². The number of aliphatic hydroxyl groups excluding tert-OH is 1. The van der Waals surface area contributed by atoms with Crippen LogP contribution in [0.2, 0.25) is 0 Å². The molecule has 1 unspecified atom stereocenters. The van der Waals surface area contributed by atoms with Crippen LogP contribution in [0.1, 0.15) is 34.3 Å². The first-order valence-electron chi connectivity index (χ1n) is 11.8. The summed E-state index contributed by atoms with van der Waals surface area (Å²) in [6.07, 6.45) is -2.12. The lowest BCUT2D eigenvalue weighted by Crippen LogP contribution is -2.43. The Hall–Kier alpha value is -2.76. The number of nitrogens with one attached hydrogen (secondary N) is 1. The lowest BCUT2D eigenvalue weighted by molar-refractivity contribution is -0.149. The maximum Gasteiger partial charge on any atom is 0.401 e. The lowest BCUT2D eigenvalue weighted by atomic mass is 10.00. The fraction of sp³-hybridized carbons (Fsp3) is 0.542. The lowest BCUT2D eigenvalue weighted by Gasteiger charge is -2.32. The second-order valence-corrected chi connectivity index (χ2v) is 9.11. The summed E-state index contributed by atoms with van der Waals surface area (Å²) >= 11 is 0. The van der Waals surface area contributed by atoms with Crippen molar-refractivity contribution in [3.63, 3.8) is 0 Å². The van der Waals surface area contributed by atoms with Crippen molar-refractivity contribution in [2.24, 2.45) is 0 Å². The Kier molecular flexibility index (Phi) is 8.19. The number of carbonyl (C=O) groups is 1. The van der Waals surface area contributed by atoms with Gasteiger partial charge in [-0.2, -0.15) is 18.3 Å². The van der Waals surface area contributed by atoms with E-state index in [0.29, 0.717) is 19.4 Å². The smallest absolute Gasteiger partial charge is 0.401 e. The third-order valence-electron chi connectivity index (χ3n) is 6.30. The fourth-order valence-electron chi connectivity index (χ4n) is 4.52. The second-order valence-electron chi connectivity index (χ2n) is 9.11. The first-order valence-corrected chi connectivity index (χ1v) is 11.8. The topological polar surface area (TPSA) is 90.8 Å². The van der Waals surface area contributed by atoms with Gasteiger partial charge in [-0.05, 0) is 30.4 Å². The van der Waals surface area contributed by atoms with Gasteiger partial charge in [0.05, 0.1) is 24.4 Å². The van der Waals surface area contributed by atoms with Gasteiger partial charge in [-0.15, -0.1) is 5.10 Å². The van der Waals surface area contributed by atoms with Crippen molar-refractivity contribution in [2.45, 2.75) is 44.2 Å². The molecule has 2 aromatic rings. The van der Waals surface area contributed by atoms with Gasteiger partial charge < -0.3 is 15.2 Å². The van der Waals surface area contributed by atoms with Crippen molar-refractivity contribution in [1.82, 2.24) is 25.3 Å². The van der Waals surface area contributed by atoms with Crippen molar-refractivity contribution in [2.75, 3.05) is 39.3 Å². The molecule has 1 amide bonds. The van der Waals surface area contributed by atoms with E-state index >= 15 is 0 Å². The molecule has 8 nitrogen and oxygen atoms in total. The van der Waals surface area contributed by atoms with Gasteiger partial charge in [0.25, 0.3) is 5.91 Å². The molecule has 11 heteroatoms. The highest BCUT2D eigenvalue weighted by Crippen LogP contribution is 2.22. The van der Waals surface area contributed by atoms with Gasteiger partial charge in [-0.1, -0.05) is 24.3 Å².